The number of hydrogen-bond acceptors (Lipinski definition) is 4. The van der Waals surface area contributed by atoms with Crippen LogP contribution in [0.1, 0.15) is 19.4 Å². The summed E-state index contributed by atoms with van der Waals surface area (Å²) in [5, 5.41) is 0. The highest BCUT2D eigenvalue weighted by Gasteiger charge is 2.13. The molecule has 0 amide bonds. The van der Waals surface area contributed by atoms with Gasteiger partial charge >= 0.3 is 5.97 Å². The van der Waals surface area contributed by atoms with E-state index in [9.17, 15) is 4.79 Å². The molecule has 1 aliphatic heterocycles. The smallest absolute Gasteiger partial charge is 0.333 e. The summed E-state index contributed by atoms with van der Waals surface area (Å²) >= 11 is 0. The van der Waals surface area contributed by atoms with Gasteiger partial charge in [-0.25, -0.2) is 4.79 Å². The largest absolute Gasteiger partial charge is 0.457 e. The molecule has 0 bridgehead atoms. The average molecular weight is 234 g/mol. The number of hydrogen-bond donors (Lipinski definition) is 0. The van der Waals surface area contributed by atoms with Crippen LogP contribution in [0.5, 0.6) is 11.5 Å². The molecule has 0 saturated heterocycles. The van der Waals surface area contributed by atoms with Crippen molar-refractivity contribution in [2.75, 3.05) is 6.79 Å². The van der Waals surface area contributed by atoms with Crippen LogP contribution in [0.2, 0.25) is 0 Å². The quantitative estimate of drug-likeness (QED) is 0.595. The molecule has 17 heavy (non-hydrogen) atoms. The topological polar surface area (TPSA) is 44.8 Å². The third-order valence-electron chi connectivity index (χ3n) is 2.56. The highest BCUT2D eigenvalue weighted by molar-refractivity contribution is 5.87. The number of carbonyl (C=O) groups excluding carboxylic acids is 1. The van der Waals surface area contributed by atoms with Gasteiger partial charge in [0.2, 0.25) is 6.79 Å². The standard InChI is InChI=1S/C13H14O4/c1-3-9(2)13(14)15-7-10-4-5-11-12(6-10)17-8-16-11/h3-6H,7-8H2,1-2H3/b9-3+. The average Bonchev–Trinajstić information content (AvgIpc) is 2.82. The second-order valence-electron chi connectivity index (χ2n) is 3.74. The minimum Gasteiger partial charge on any atom is -0.457 e. The van der Waals surface area contributed by atoms with Gasteiger partial charge in [-0.15, -0.1) is 0 Å². The maximum Gasteiger partial charge on any atom is 0.333 e. The van der Waals surface area contributed by atoms with Crippen molar-refractivity contribution in [2.24, 2.45) is 0 Å². The van der Waals surface area contributed by atoms with Gasteiger partial charge in [-0.2, -0.15) is 0 Å². The van der Waals surface area contributed by atoms with E-state index in [4.69, 9.17) is 14.2 Å². The van der Waals surface area contributed by atoms with Crippen LogP contribution < -0.4 is 9.47 Å². The van der Waals surface area contributed by atoms with E-state index >= 15 is 0 Å². The Morgan fingerprint density at radius 1 is 1.41 bits per heavy atom. The lowest BCUT2D eigenvalue weighted by molar-refractivity contribution is -0.140. The van der Waals surface area contributed by atoms with E-state index < -0.39 is 0 Å². The molecule has 1 aromatic rings. The Morgan fingerprint density at radius 2 is 2.18 bits per heavy atom. The summed E-state index contributed by atoms with van der Waals surface area (Å²) in [5.41, 5.74) is 1.48. The SMILES string of the molecule is C/C=C(\C)C(=O)OCc1ccc2c(c1)OCO2. The first-order valence-corrected chi connectivity index (χ1v) is 5.39. The summed E-state index contributed by atoms with van der Waals surface area (Å²) in [5.74, 6) is 1.12. The van der Waals surface area contributed by atoms with Crippen molar-refractivity contribution in [3.05, 3.63) is 35.4 Å². The minimum absolute atomic E-state index is 0.237. The van der Waals surface area contributed by atoms with E-state index in [1.807, 2.05) is 18.2 Å². The summed E-state index contributed by atoms with van der Waals surface area (Å²) in [4.78, 5) is 11.4. The van der Waals surface area contributed by atoms with Crippen LogP contribution in [0.4, 0.5) is 0 Å². The van der Waals surface area contributed by atoms with Gasteiger partial charge in [0, 0.05) is 5.57 Å². The zero-order valence-electron chi connectivity index (χ0n) is 9.86. The van der Waals surface area contributed by atoms with Crippen LogP contribution in [0.15, 0.2) is 29.8 Å². The number of carbonyl (C=O) groups is 1. The molecule has 1 aromatic carbocycles. The summed E-state index contributed by atoms with van der Waals surface area (Å²) in [6.45, 7) is 4.01. The van der Waals surface area contributed by atoms with Gasteiger partial charge in [-0.05, 0) is 31.5 Å². The molecule has 90 valence electrons. The molecular formula is C13H14O4. The van der Waals surface area contributed by atoms with Gasteiger partial charge < -0.3 is 14.2 Å². The van der Waals surface area contributed by atoms with Crippen molar-refractivity contribution in [1.82, 2.24) is 0 Å². The molecule has 0 aliphatic carbocycles. The minimum atomic E-state index is -0.301. The maximum absolute atomic E-state index is 11.4. The van der Waals surface area contributed by atoms with E-state index in [0.29, 0.717) is 11.3 Å². The fourth-order valence-electron chi connectivity index (χ4n) is 1.41. The lowest BCUT2D eigenvalue weighted by Gasteiger charge is -2.05. The van der Waals surface area contributed by atoms with Crippen molar-refractivity contribution in [1.29, 1.82) is 0 Å². The van der Waals surface area contributed by atoms with Crippen molar-refractivity contribution < 1.29 is 19.0 Å². The van der Waals surface area contributed by atoms with Crippen LogP contribution in [-0.4, -0.2) is 12.8 Å². The van der Waals surface area contributed by atoms with Crippen molar-refractivity contribution in [3.8, 4) is 11.5 Å². The Bertz CT molecular complexity index is 462. The van der Waals surface area contributed by atoms with Crippen molar-refractivity contribution in [2.45, 2.75) is 20.5 Å². The summed E-state index contributed by atoms with van der Waals surface area (Å²) in [6.07, 6.45) is 1.72. The van der Waals surface area contributed by atoms with Crippen molar-refractivity contribution in [3.63, 3.8) is 0 Å². The molecule has 0 spiro atoms. The van der Waals surface area contributed by atoms with Gasteiger partial charge in [0.05, 0.1) is 0 Å². The van der Waals surface area contributed by atoms with E-state index in [-0.39, 0.29) is 19.4 Å². The van der Waals surface area contributed by atoms with E-state index in [2.05, 4.69) is 0 Å². The Labute approximate surface area is 99.8 Å². The van der Waals surface area contributed by atoms with Gasteiger partial charge in [-0.1, -0.05) is 12.1 Å². The molecule has 1 aliphatic rings. The second kappa shape index (κ2) is 4.91. The van der Waals surface area contributed by atoms with Crippen LogP contribution in [0.25, 0.3) is 0 Å². The van der Waals surface area contributed by atoms with Crippen LogP contribution in [-0.2, 0) is 16.1 Å². The predicted molar refractivity (Wildman–Crippen MR) is 61.8 cm³/mol. The zero-order chi connectivity index (χ0) is 12.3. The zero-order valence-corrected chi connectivity index (χ0v) is 9.86. The summed E-state index contributed by atoms with van der Waals surface area (Å²) in [7, 11) is 0. The molecule has 0 N–H and O–H groups in total. The molecule has 0 fully saturated rings. The van der Waals surface area contributed by atoms with Crippen molar-refractivity contribution >= 4 is 5.97 Å². The number of esters is 1. The Morgan fingerprint density at radius 3 is 2.94 bits per heavy atom. The lowest BCUT2D eigenvalue weighted by Crippen LogP contribution is -2.05. The number of benzene rings is 1. The predicted octanol–water partition coefficient (Wildman–Crippen LogP) is 2.42. The fraction of sp³-hybridized carbons (Fsp3) is 0.308. The van der Waals surface area contributed by atoms with Gasteiger partial charge in [0.1, 0.15) is 6.61 Å². The Hall–Kier alpha value is -1.97. The molecule has 2 rings (SSSR count). The Kier molecular flexibility index (Phi) is 3.32. The molecule has 0 aromatic heterocycles. The lowest BCUT2D eigenvalue weighted by atomic mass is 10.2. The highest BCUT2D eigenvalue weighted by Crippen LogP contribution is 2.32. The summed E-state index contributed by atoms with van der Waals surface area (Å²) in [6, 6.07) is 5.49. The normalized spacial score (nSPS) is 13.6. The third-order valence-corrected chi connectivity index (χ3v) is 2.56. The molecular weight excluding hydrogens is 220 g/mol. The van der Waals surface area contributed by atoms with Gasteiger partial charge in [0.25, 0.3) is 0 Å². The molecule has 1 heterocycles. The first kappa shape index (κ1) is 11.5. The monoisotopic (exact) mass is 234 g/mol. The number of ether oxygens (including phenoxy) is 3. The third kappa shape index (κ3) is 2.58. The molecule has 0 unspecified atom stereocenters. The highest BCUT2D eigenvalue weighted by atomic mass is 16.7. The van der Waals surface area contributed by atoms with Crippen LogP contribution >= 0.6 is 0 Å². The molecule has 0 atom stereocenters. The number of rotatable bonds is 3. The second-order valence-corrected chi connectivity index (χ2v) is 3.74. The van der Waals surface area contributed by atoms with Gasteiger partial charge in [0.15, 0.2) is 11.5 Å². The number of fused-ring (bicyclic) bond motifs is 1. The number of allylic oxidation sites excluding steroid dienone is 1. The first-order chi connectivity index (χ1) is 8.20. The van der Waals surface area contributed by atoms with Crippen LogP contribution in [0.3, 0.4) is 0 Å². The van der Waals surface area contributed by atoms with E-state index in [1.54, 1.807) is 19.9 Å². The molecule has 0 radical (unpaired) electrons. The van der Waals surface area contributed by atoms with Crippen LogP contribution in [0, 0.1) is 0 Å². The summed E-state index contributed by atoms with van der Waals surface area (Å²) < 4.78 is 15.6. The van der Waals surface area contributed by atoms with Gasteiger partial charge in [-0.3, -0.25) is 0 Å². The fourth-order valence-corrected chi connectivity index (χ4v) is 1.41. The molecule has 4 nitrogen and oxygen atoms in total. The first-order valence-electron chi connectivity index (χ1n) is 5.39. The maximum atomic E-state index is 11.4. The molecule has 4 heteroatoms. The molecule has 0 saturated carbocycles. The van der Waals surface area contributed by atoms with E-state index in [1.165, 1.54) is 0 Å². The Balaban J connectivity index is 1.98. The van der Waals surface area contributed by atoms with E-state index in [0.717, 1.165) is 11.3 Å².